The number of hydrogen-bond acceptors (Lipinski definition) is 5. The fourth-order valence-electron chi connectivity index (χ4n) is 3.08. The summed E-state index contributed by atoms with van der Waals surface area (Å²) in [6, 6.07) is 15.3. The van der Waals surface area contributed by atoms with Crippen molar-refractivity contribution in [3.05, 3.63) is 65.7 Å². The molecule has 0 bridgehead atoms. The largest absolute Gasteiger partial charge is 0.379 e. The van der Waals surface area contributed by atoms with E-state index in [1.54, 1.807) is 12.1 Å². The lowest BCUT2D eigenvalue weighted by Gasteiger charge is -2.31. The molecule has 1 fully saturated rings. The van der Waals surface area contributed by atoms with Crippen molar-refractivity contribution in [2.45, 2.75) is 17.9 Å². The van der Waals surface area contributed by atoms with Gasteiger partial charge in [0, 0.05) is 25.2 Å². The standard InChI is InChI=1S/C20H24N2O4S/c1-16(23)18-8-5-9-19(14-18)27(24,25)21-20(17-6-3-2-4-7-17)15-22-10-12-26-13-11-22/h2-9,14,20-21H,10-13,15H2,1H3/t20-/m0/s1. The van der Waals surface area contributed by atoms with E-state index in [1.807, 2.05) is 30.3 Å². The number of carbonyl (C=O) groups excluding carboxylic acids is 1. The number of carbonyl (C=O) groups is 1. The third-order valence-electron chi connectivity index (χ3n) is 4.59. The number of hydrogen-bond donors (Lipinski definition) is 1. The van der Waals surface area contributed by atoms with E-state index >= 15 is 0 Å². The molecule has 1 N–H and O–H groups in total. The van der Waals surface area contributed by atoms with Crippen LogP contribution in [0.4, 0.5) is 0 Å². The van der Waals surface area contributed by atoms with Gasteiger partial charge in [-0.2, -0.15) is 0 Å². The summed E-state index contributed by atoms with van der Waals surface area (Å²) in [5.41, 5.74) is 1.28. The Bertz CT molecular complexity index is 878. The van der Waals surface area contributed by atoms with Crippen molar-refractivity contribution in [1.29, 1.82) is 0 Å². The molecular weight excluding hydrogens is 364 g/mol. The summed E-state index contributed by atoms with van der Waals surface area (Å²) >= 11 is 0. The second kappa shape index (κ2) is 8.75. The van der Waals surface area contributed by atoms with Crippen LogP contribution in [0.5, 0.6) is 0 Å². The van der Waals surface area contributed by atoms with Crippen molar-refractivity contribution in [3.63, 3.8) is 0 Å². The van der Waals surface area contributed by atoms with Gasteiger partial charge in [0.15, 0.2) is 5.78 Å². The predicted octanol–water partition coefficient (Wildman–Crippen LogP) is 2.24. The van der Waals surface area contributed by atoms with Crippen LogP contribution in [0, 0.1) is 0 Å². The third kappa shape index (κ3) is 5.23. The first-order chi connectivity index (χ1) is 13.0. The highest BCUT2D eigenvalue weighted by molar-refractivity contribution is 7.89. The van der Waals surface area contributed by atoms with Crippen LogP contribution in [-0.4, -0.2) is 51.9 Å². The Labute approximate surface area is 160 Å². The van der Waals surface area contributed by atoms with Crippen molar-refractivity contribution in [3.8, 4) is 0 Å². The number of benzene rings is 2. The normalized spacial score (nSPS) is 16.8. The van der Waals surface area contributed by atoms with E-state index in [9.17, 15) is 13.2 Å². The molecule has 0 aliphatic carbocycles. The Kier molecular flexibility index (Phi) is 6.38. The van der Waals surface area contributed by atoms with E-state index in [1.165, 1.54) is 19.1 Å². The molecule has 0 unspecified atom stereocenters. The highest BCUT2D eigenvalue weighted by atomic mass is 32.2. The topological polar surface area (TPSA) is 75.7 Å². The van der Waals surface area contributed by atoms with Crippen LogP contribution in [0.15, 0.2) is 59.5 Å². The molecule has 0 radical (unpaired) electrons. The lowest BCUT2D eigenvalue weighted by atomic mass is 10.1. The average molecular weight is 388 g/mol. The van der Waals surface area contributed by atoms with Gasteiger partial charge in [-0.1, -0.05) is 42.5 Å². The molecule has 0 amide bonds. The summed E-state index contributed by atoms with van der Waals surface area (Å²) in [6.07, 6.45) is 0. The number of ether oxygens (including phenoxy) is 1. The summed E-state index contributed by atoms with van der Waals surface area (Å²) in [5, 5.41) is 0. The molecular formula is C20H24N2O4S. The van der Waals surface area contributed by atoms with Crippen LogP contribution in [0.2, 0.25) is 0 Å². The highest BCUT2D eigenvalue weighted by Crippen LogP contribution is 2.20. The Morgan fingerprint density at radius 3 is 2.48 bits per heavy atom. The Hall–Kier alpha value is -2.06. The Balaban J connectivity index is 1.86. The average Bonchev–Trinajstić information content (AvgIpc) is 2.69. The van der Waals surface area contributed by atoms with E-state index in [2.05, 4.69) is 9.62 Å². The number of Topliss-reactive ketones (excluding diaryl/α,β-unsaturated/α-hetero) is 1. The third-order valence-corrected chi connectivity index (χ3v) is 6.06. The molecule has 3 rings (SSSR count). The minimum atomic E-state index is -3.77. The number of rotatable bonds is 7. The summed E-state index contributed by atoms with van der Waals surface area (Å²) in [7, 11) is -3.77. The van der Waals surface area contributed by atoms with Crippen LogP contribution in [0.25, 0.3) is 0 Å². The fourth-order valence-corrected chi connectivity index (χ4v) is 4.34. The van der Waals surface area contributed by atoms with E-state index < -0.39 is 16.1 Å². The van der Waals surface area contributed by atoms with Crippen LogP contribution in [-0.2, 0) is 14.8 Å². The van der Waals surface area contributed by atoms with Gasteiger partial charge in [-0.05, 0) is 24.6 Å². The van der Waals surface area contributed by atoms with E-state index in [-0.39, 0.29) is 10.7 Å². The Morgan fingerprint density at radius 2 is 1.81 bits per heavy atom. The summed E-state index contributed by atoms with van der Waals surface area (Å²) in [4.78, 5) is 13.9. The molecule has 1 aliphatic heterocycles. The molecule has 27 heavy (non-hydrogen) atoms. The molecule has 2 aromatic rings. The first-order valence-electron chi connectivity index (χ1n) is 8.94. The van der Waals surface area contributed by atoms with Gasteiger partial charge < -0.3 is 4.74 Å². The molecule has 6 nitrogen and oxygen atoms in total. The quantitative estimate of drug-likeness (QED) is 0.736. The molecule has 0 saturated carbocycles. The monoisotopic (exact) mass is 388 g/mol. The molecule has 0 spiro atoms. The van der Waals surface area contributed by atoms with E-state index in [4.69, 9.17) is 4.74 Å². The summed E-state index contributed by atoms with van der Waals surface area (Å²) in [5.74, 6) is -0.167. The Morgan fingerprint density at radius 1 is 1.11 bits per heavy atom. The van der Waals surface area contributed by atoms with Gasteiger partial charge in [0.05, 0.1) is 24.2 Å². The van der Waals surface area contributed by atoms with Crippen LogP contribution in [0.1, 0.15) is 28.9 Å². The van der Waals surface area contributed by atoms with Gasteiger partial charge in [0.2, 0.25) is 10.0 Å². The molecule has 1 aliphatic rings. The molecule has 0 aromatic heterocycles. The van der Waals surface area contributed by atoms with Gasteiger partial charge in [-0.25, -0.2) is 13.1 Å². The molecule has 1 atom stereocenters. The van der Waals surface area contributed by atoms with Crippen LogP contribution >= 0.6 is 0 Å². The SMILES string of the molecule is CC(=O)c1cccc(S(=O)(=O)N[C@@H](CN2CCOCC2)c2ccccc2)c1. The zero-order valence-corrected chi connectivity index (χ0v) is 16.1. The lowest BCUT2D eigenvalue weighted by molar-refractivity contribution is 0.0345. The minimum Gasteiger partial charge on any atom is -0.379 e. The predicted molar refractivity (Wildman–Crippen MR) is 103 cm³/mol. The number of nitrogens with one attached hydrogen (secondary N) is 1. The maximum absolute atomic E-state index is 13.0. The smallest absolute Gasteiger partial charge is 0.241 e. The van der Waals surface area contributed by atoms with Gasteiger partial charge in [0.1, 0.15) is 0 Å². The van der Waals surface area contributed by atoms with Crippen molar-refractivity contribution >= 4 is 15.8 Å². The van der Waals surface area contributed by atoms with Gasteiger partial charge in [0.25, 0.3) is 0 Å². The number of ketones is 1. The minimum absolute atomic E-state index is 0.0955. The number of morpholine rings is 1. The maximum Gasteiger partial charge on any atom is 0.241 e. The molecule has 2 aromatic carbocycles. The fraction of sp³-hybridized carbons (Fsp3) is 0.350. The summed E-state index contributed by atoms with van der Waals surface area (Å²) < 4.78 is 34.1. The zero-order chi connectivity index (χ0) is 19.3. The molecule has 7 heteroatoms. The van der Waals surface area contributed by atoms with Crippen molar-refractivity contribution < 1.29 is 17.9 Å². The van der Waals surface area contributed by atoms with Gasteiger partial charge in [-0.3, -0.25) is 9.69 Å². The van der Waals surface area contributed by atoms with Crippen LogP contribution in [0.3, 0.4) is 0 Å². The van der Waals surface area contributed by atoms with Crippen molar-refractivity contribution in [1.82, 2.24) is 9.62 Å². The zero-order valence-electron chi connectivity index (χ0n) is 15.3. The van der Waals surface area contributed by atoms with Gasteiger partial charge in [-0.15, -0.1) is 0 Å². The summed E-state index contributed by atoms with van der Waals surface area (Å²) in [6.45, 7) is 4.81. The first-order valence-corrected chi connectivity index (χ1v) is 10.4. The maximum atomic E-state index is 13.0. The van der Waals surface area contributed by atoms with Gasteiger partial charge >= 0.3 is 0 Å². The number of nitrogens with zero attached hydrogens (tertiary/aromatic N) is 1. The van der Waals surface area contributed by atoms with Crippen molar-refractivity contribution in [2.24, 2.45) is 0 Å². The number of sulfonamides is 1. The van der Waals surface area contributed by atoms with E-state index in [0.29, 0.717) is 25.3 Å². The first kappa shape index (κ1) is 19.7. The van der Waals surface area contributed by atoms with Crippen molar-refractivity contribution in [2.75, 3.05) is 32.8 Å². The van der Waals surface area contributed by atoms with E-state index in [0.717, 1.165) is 18.7 Å². The molecule has 144 valence electrons. The second-order valence-electron chi connectivity index (χ2n) is 6.58. The molecule has 1 saturated heterocycles. The van der Waals surface area contributed by atoms with Crippen LogP contribution < -0.4 is 4.72 Å². The molecule has 1 heterocycles. The highest BCUT2D eigenvalue weighted by Gasteiger charge is 2.24. The second-order valence-corrected chi connectivity index (χ2v) is 8.30. The lowest BCUT2D eigenvalue weighted by Crippen LogP contribution is -2.43.